The first kappa shape index (κ1) is 15.3. The minimum absolute atomic E-state index is 0.142. The van der Waals surface area contributed by atoms with Crippen molar-refractivity contribution in [3.8, 4) is 11.5 Å². The fraction of sp³-hybridized carbons (Fsp3) is 0.353. The number of fused-ring (bicyclic) bond motifs is 1. The molecule has 0 aromatic carbocycles. The third-order valence-electron chi connectivity index (χ3n) is 3.70. The van der Waals surface area contributed by atoms with Crippen molar-refractivity contribution in [2.45, 2.75) is 33.1 Å². The minimum atomic E-state index is -0.142. The molecule has 0 aliphatic heterocycles. The van der Waals surface area contributed by atoms with E-state index in [0.717, 1.165) is 30.7 Å². The van der Waals surface area contributed by atoms with Crippen molar-refractivity contribution in [3.05, 3.63) is 41.9 Å². The molecule has 0 radical (unpaired) electrons. The zero-order valence-corrected chi connectivity index (χ0v) is 13.4. The molecule has 3 aromatic rings. The van der Waals surface area contributed by atoms with Crippen LogP contribution in [-0.4, -0.2) is 27.0 Å². The summed E-state index contributed by atoms with van der Waals surface area (Å²) in [5.74, 6) is 1.38. The predicted molar refractivity (Wildman–Crippen MR) is 87.3 cm³/mol. The van der Waals surface area contributed by atoms with E-state index in [-0.39, 0.29) is 5.91 Å². The number of hydrogen-bond donors (Lipinski definition) is 1. The van der Waals surface area contributed by atoms with Crippen LogP contribution in [0.3, 0.4) is 0 Å². The third kappa shape index (κ3) is 3.11. The van der Waals surface area contributed by atoms with Crippen LogP contribution >= 0.6 is 0 Å². The Labute approximate surface area is 134 Å². The summed E-state index contributed by atoms with van der Waals surface area (Å²) in [6, 6.07) is 5.60. The Balaban J connectivity index is 1.88. The zero-order valence-electron chi connectivity index (χ0n) is 13.4. The summed E-state index contributed by atoms with van der Waals surface area (Å²) in [6.07, 6.45) is 6.43. The van der Waals surface area contributed by atoms with Gasteiger partial charge in [0, 0.05) is 12.7 Å². The Kier molecular flexibility index (Phi) is 4.41. The van der Waals surface area contributed by atoms with Gasteiger partial charge >= 0.3 is 0 Å². The zero-order chi connectivity index (χ0) is 16.2. The van der Waals surface area contributed by atoms with Crippen LogP contribution in [0.5, 0.6) is 0 Å². The summed E-state index contributed by atoms with van der Waals surface area (Å²) < 4.78 is 7.29. The van der Waals surface area contributed by atoms with Gasteiger partial charge in [-0.15, -0.1) is 0 Å². The Bertz CT molecular complexity index is 819. The molecule has 1 amide bonds. The van der Waals surface area contributed by atoms with Crippen LogP contribution in [-0.2, 0) is 0 Å². The molecule has 6 heteroatoms. The number of aryl methyl sites for hydroxylation is 1. The Morgan fingerprint density at radius 1 is 1.30 bits per heavy atom. The molecule has 6 nitrogen and oxygen atoms in total. The van der Waals surface area contributed by atoms with Crippen molar-refractivity contribution >= 4 is 11.6 Å². The molecule has 0 saturated heterocycles. The molecule has 0 bridgehead atoms. The second kappa shape index (κ2) is 6.64. The van der Waals surface area contributed by atoms with Crippen LogP contribution in [0.4, 0.5) is 0 Å². The number of rotatable bonds is 6. The Morgan fingerprint density at radius 2 is 2.17 bits per heavy atom. The van der Waals surface area contributed by atoms with E-state index in [0.29, 0.717) is 23.5 Å². The topological polar surface area (TPSA) is 72.4 Å². The molecular weight excluding hydrogens is 292 g/mol. The van der Waals surface area contributed by atoms with Crippen molar-refractivity contribution in [2.75, 3.05) is 6.54 Å². The molecule has 0 unspecified atom stereocenters. The fourth-order valence-electron chi connectivity index (χ4n) is 2.48. The Morgan fingerprint density at radius 3 is 2.91 bits per heavy atom. The summed E-state index contributed by atoms with van der Waals surface area (Å²) in [5.41, 5.74) is 1.78. The van der Waals surface area contributed by atoms with Crippen LogP contribution in [0.25, 0.3) is 17.1 Å². The van der Waals surface area contributed by atoms with E-state index in [1.54, 1.807) is 16.9 Å². The van der Waals surface area contributed by atoms with Gasteiger partial charge in [-0.2, -0.15) is 5.10 Å². The number of amides is 1. The van der Waals surface area contributed by atoms with Gasteiger partial charge in [0.1, 0.15) is 17.0 Å². The highest BCUT2D eigenvalue weighted by atomic mass is 16.3. The second-order valence-corrected chi connectivity index (χ2v) is 5.50. The number of aromatic nitrogens is 3. The molecule has 1 N–H and O–H groups in total. The lowest BCUT2D eigenvalue weighted by Gasteiger charge is -2.04. The molecule has 0 spiro atoms. The summed E-state index contributed by atoms with van der Waals surface area (Å²) >= 11 is 0. The van der Waals surface area contributed by atoms with Gasteiger partial charge < -0.3 is 9.73 Å². The highest BCUT2D eigenvalue weighted by Gasteiger charge is 2.16. The van der Waals surface area contributed by atoms with Crippen molar-refractivity contribution in [1.29, 1.82) is 0 Å². The number of hydrogen-bond acceptors (Lipinski definition) is 4. The maximum Gasteiger partial charge on any atom is 0.256 e. The molecule has 0 aliphatic rings. The van der Waals surface area contributed by atoms with Crippen LogP contribution in [0, 0.1) is 6.92 Å². The number of furan rings is 1. The number of nitrogens with one attached hydrogen (secondary N) is 1. The molecular formula is C17H20N4O2. The van der Waals surface area contributed by atoms with E-state index >= 15 is 0 Å². The van der Waals surface area contributed by atoms with Gasteiger partial charge in [-0.3, -0.25) is 4.79 Å². The van der Waals surface area contributed by atoms with E-state index in [4.69, 9.17) is 4.42 Å². The van der Waals surface area contributed by atoms with Crippen LogP contribution < -0.4 is 5.32 Å². The lowest BCUT2D eigenvalue weighted by molar-refractivity contribution is 0.0954. The normalized spacial score (nSPS) is 11.0. The van der Waals surface area contributed by atoms with Crippen LogP contribution in [0.2, 0.25) is 0 Å². The first-order valence-corrected chi connectivity index (χ1v) is 7.88. The largest absolute Gasteiger partial charge is 0.460 e. The first-order valence-electron chi connectivity index (χ1n) is 7.88. The smallest absolute Gasteiger partial charge is 0.256 e. The van der Waals surface area contributed by atoms with E-state index in [9.17, 15) is 4.79 Å². The second-order valence-electron chi connectivity index (χ2n) is 5.50. The third-order valence-corrected chi connectivity index (χ3v) is 3.70. The average Bonchev–Trinajstić information content (AvgIpc) is 3.17. The van der Waals surface area contributed by atoms with Crippen molar-refractivity contribution in [1.82, 2.24) is 19.9 Å². The molecule has 0 atom stereocenters. The highest BCUT2D eigenvalue weighted by molar-refractivity contribution is 5.99. The van der Waals surface area contributed by atoms with Gasteiger partial charge in [0.25, 0.3) is 5.91 Å². The van der Waals surface area contributed by atoms with Gasteiger partial charge in [-0.05, 0) is 31.5 Å². The number of unbranched alkanes of at least 4 members (excludes halogenated alkanes) is 2. The average molecular weight is 312 g/mol. The van der Waals surface area contributed by atoms with Gasteiger partial charge in [-0.1, -0.05) is 19.8 Å². The summed E-state index contributed by atoms with van der Waals surface area (Å²) in [5, 5.41) is 7.22. The highest BCUT2D eigenvalue weighted by Crippen LogP contribution is 2.22. The van der Waals surface area contributed by atoms with E-state index < -0.39 is 0 Å². The van der Waals surface area contributed by atoms with Gasteiger partial charge in [0.2, 0.25) is 0 Å². The Hall–Kier alpha value is -2.63. The minimum Gasteiger partial charge on any atom is -0.460 e. The maximum absolute atomic E-state index is 12.3. The van der Waals surface area contributed by atoms with Gasteiger partial charge in [0.15, 0.2) is 11.4 Å². The van der Waals surface area contributed by atoms with Crippen LogP contribution in [0.1, 0.15) is 42.3 Å². The molecule has 120 valence electrons. The molecule has 3 aromatic heterocycles. The summed E-state index contributed by atoms with van der Waals surface area (Å²) in [6.45, 7) is 4.69. The lowest BCUT2D eigenvalue weighted by atomic mass is 10.2. The van der Waals surface area contributed by atoms with E-state index in [1.807, 2.05) is 25.1 Å². The standard InChI is InChI=1S/C17H20N4O2/c1-3-4-5-9-19-17(22)13-11-20-21-14(8-10-18-16(13)21)15-7-6-12(2)23-15/h6-8,10-11H,3-5,9H2,1-2H3,(H,19,22). The number of nitrogens with zero attached hydrogens (tertiary/aromatic N) is 3. The molecule has 3 rings (SSSR count). The van der Waals surface area contributed by atoms with Crippen LogP contribution in [0.15, 0.2) is 35.0 Å². The summed E-state index contributed by atoms with van der Waals surface area (Å²) in [7, 11) is 0. The molecule has 0 aliphatic carbocycles. The molecule has 0 saturated carbocycles. The van der Waals surface area contributed by atoms with Crippen molar-refractivity contribution in [2.24, 2.45) is 0 Å². The number of carbonyl (C=O) groups excluding carboxylic acids is 1. The maximum atomic E-state index is 12.3. The molecule has 0 fully saturated rings. The fourth-order valence-corrected chi connectivity index (χ4v) is 2.48. The predicted octanol–water partition coefficient (Wildman–Crippen LogP) is 3.22. The van der Waals surface area contributed by atoms with Gasteiger partial charge in [0.05, 0.1) is 6.20 Å². The van der Waals surface area contributed by atoms with Gasteiger partial charge in [-0.25, -0.2) is 9.50 Å². The monoisotopic (exact) mass is 312 g/mol. The van der Waals surface area contributed by atoms with E-state index in [1.165, 1.54) is 0 Å². The van der Waals surface area contributed by atoms with Crippen molar-refractivity contribution < 1.29 is 9.21 Å². The summed E-state index contributed by atoms with van der Waals surface area (Å²) in [4.78, 5) is 16.6. The number of carbonyl (C=O) groups is 1. The van der Waals surface area contributed by atoms with E-state index in [2.05, 4.69) is 22.3 Å². The quantitative estimate of drug-likeness (QED) is 0.709. The molecule has 23 heavy (non-hydrogen) atoms. The van der Waals surface area contributed by atoms with Crippen molar-refractivity contribution in [3.63, 3.8) is 0 Å². The first-order chi connectivity index (χ1) is 11.2. The lowest BCUT2D eigenvalue weighted by Crippen LogP contribution is -2.24. The molecule has 3 heterocycles. The SMILES string of the molecule is CCCCCNC(=O)c1cnn2c(-c3ccc(C)o3)ccnc12.